The van der Waals surface area contributed by atoms with E-state index in [1.54, 1.807) is 6.07 Å². The SMILES string of the molecule is N=Cc1c(NC2CCCCC2)ncnc1C1C(=O)Nc2ccc(F)cc21. The van der Waals surface area contributed by atoms with E-state index in [1.165, 1.54) is 43.9 Å². The van der Waals surface area contributed by atoms with E-state index in [0.29, 0.717) is 34.4 Å². The van der Waals surface area contributed by atoms with Crippen molar-refractivity contribution < 1.29 is 9.18 Å². The molecule has 1 unspecified atom stereocenters. The third-order valence-electron chi connectivity index (χ3n) is 5.12. The molecule has 1 aliphatic carbocycles. The molecule has 1 amide bonds. The highest BCUT2D eigenvalue weighted by Gasteiger charge is 2.35. The maximum absolute atomic E-state index is 13.7. The molecule has 1 saturated carbocycles. The molecule has 2 aliphatic rings. The fourth-order valence-electron chi connectivity index (χ4n) is 3.84. The van der Waals surface area contributed by atoms with Gasteiger partial charge in [-0.05, 0) is 36.6 Å². The van der Waals surface area contributed by atoms with Crippen LogP contribution in [0.15, 0.2) is 24.5 Å². The zero-order chi connectivity index (χ0) is 18.1. The average molecular weight is 353 g/mol. The summed E-state index contributed by atoms with van der Waals surface area (Å²) in [6.45, 7) is 0. The minimum Gasteiger partial charge on any atom is -0.367 e. The van der Waals surface area contributed by atoms with Crippen molar-refractivity contribution in [2.45, 2.75) is 44.1 Å². The fraction of sp³-hybridized carbons (Fsp3) is 0.368. The number of hydrogen-bond donors (Lipinski definition) is 3. The van der Waals surface area contributed by atoms with Gasteiger partial charge in [0, 0.05) is 17.9 Å². The molecule has 4 rings (SSSR count). The van der Waals surface area contributed by atoms with Crippen LogP contribution < -0.4 is 10.6 Å². The molecule has 0 bridgehead atoms. The van der Waals surface area contributed by atoms with Gasteiger partial charge in [-0.15, -0.1) is 0 Å². The zero-order valence-electron chi connectivity index (χ0n) is 14.3. The maximum Gasteiger partial charge on any atom is 0.238 e. The van der Waals surface area contributed by atoms with E-state index < -0.39 is 11.7 Å². The highest BCUT2D eigenvalue weighted by molar-refractivity contribution is 6.06. The van der Waals surface area contributed by atoms with Gasteiger partial charge in [0.05, 0.1) is 11.3 Å². The number of fused-ring (bicyclic) bond motifs is 1. The second-order valence-corrected chi connectivity index (χ2v) is 6.80. The highest BCUT2D eigenvalue weighted by Crippen LogP contribution is 2.38. The zero-order valence-corrected chi connectivity index (χ0v) is 14.3. The van der Waals surface area contributed by atoms with Gasteiger partial charge in [0.25, 0.3) is 0 Å². The van der Waals surface area contributed by atoms with Crippen LogP contribution in [-0.2, 0) is 4.79 Å². The van der Waals surface area contributed by atoms with Gasteiger partial charge in [0.15, 0.2) is 0 Å². The normalized spacial score (nSPS) is 19.7. The summed E-state index contributed by atoms with van der Waals surface area (Å²) in [5, 5.41) is 14.0. The number of aromatic nitrogens is 2. The standard InChI is InChI=1S/C19H20FN5O/c20-11-6-7-15-13(8-11)16(19(26)25-15)17-14(9-21)18(23-10-22-17)24-12-4-2-1-3-5-12/h6-10,12,16,21H,1-5H2,(H,25,26)(H,22,23,24). The summed E-state index contributed by atoms with van der Waals surface area (Å²) in [4.78, 5) is 21.1. The van der Waals surface area contributed by atoms with Crippen molar-refractivity contribution in [3.63, 3.8) is 0 Å². The van der Waals surface area contributed by atoms with E-state index in [4.69, 9.17) is 5.41 Å². The third-order valence-corrected chi connectivity index (χ3v) is 5.12. The number of benzene rings is 1. The minimum atomic E-state index is -0.743. The Morgan fingerprint density at radius 1 is 1.23 bits per heavy atom. The van der Waals surface area contributed by atoms with Gasteiger partial charge in [0.2, 0.25) is 5.91 Å². The van der Waals surface area contributed by atoms with Crippen LogP contribution in [0.1, 0.15) is 54.8 Å². The van der Waals surface area contributed by atoms with E-state index >= 15 is 0 Å². The molecule has 2 aromatic rings. The molecule has 1 aromatic heterocycles. The second kappa shape index (κ2) is 6.82. The number of anilines is 2. The van der Waals surface area contributed by atoms with Gasteiger partial charge >= 0.3 is 0 Å². The number of carbonyl (C=O) groups excluding carboxylic acids is 1. The summed E-state index contributed by atoms with van der Waals surface area (Å²) in [5.74, 6) is -0.853. The van der Waals surface area contributed by atoms with Crippen LogP contribution in [0.4, 0.5) is 15.9 Å². The molecule has 1 aliphatic heterocycles. The predicted octanol–water partition coefficient (Wildman–Crippen LogP) is 3.44. The average Bonchev–Trinajstić information content (AvgIpc) is 2.97. The third kappa shape index (κ3) is 2.94. The summed E-state index contributed by atoms with van der Waals surface area (Å²) in [7, 11) is 0. The van der Waals surface area contributed by atoms with Crippen molar-refractivity contribution in [3.05, 3.63) is 47.2 Å². The largest absolute Gasteiger partial charge is 0.367 e. The number of hydrogen-bond acceptors (Lipinski definition) is 5. The molecule has 0 radical (unpaired) electrons. The summed E-state index contributed by atoms with van der Waals surface area (Å²) >= 11 is 0. The number of nitrogens with zero attached hydrogens (tertiary/aromatic N) is 2. The summed E-state index contributed by atoms with van der Waals surface area (Å²) in [6.07, 6.45) is 8.29. The van der Waals surface area contributed by atoms with Crippen LogP contribution in [0.3, 0.4) is 0 Å². The Balaban J connectivity index is 1.73. The summed E-state index contributed by atoms with van der Waals surface area (Å²) in [6, 6.07) is 4.53. The van der Waals surface area contributed by atoms with Crippen LogP contribution >= 0.6 is 0 Å². The molecule has 3 N–H and O–H groups in total. The minimum absolute atomic E-state index is 0.268. The Morgan fingerprint density at radius 3 is 2.81 bits per heavy atom. The molecule has 1 fully saturated rings. The maximum atomic E-state index is 13.7. The molecule has 6 nitrogen and oxygen atoms in total. The van der Waals surface area contributed by atoms with E-state index in [0.717, 1.165) is 12.8 Å². The lowest BCUT2D eigenvalue weighted by molar-refractivity contribution is -0.116. The van der Waals surface area contributed by atoms with Crippen LogP contribution in [0.2, 0.25) is 0 Å². The fourth-order valence-corrected chi connectivity index (χ4v) is 3.84. The molecule has 134 valence electrons. The topological polar surface area (TPSA) is 90.8 Å². The van der Waals surface area contributed by atoms with Gasteiger partial charge in [0.1, 0.15) is 23.9 Å². The predicted molar refractivity (Wildman–Crippen MR) is 97.3 cm³/mol. The van der Waals surface area contributed by atoms with Crippen molar-refractivity contribution in [2.24, 2.45) is 0 Å². The first kappa shape index (κ1) is 16.6. The Kier molecular flexibility index (Phi) is 4.36. The van der Waals surface area contributed by atoms with Gasteiger partial charge < -0.3 is 16.0 Å². The molecule has 0 saturated heterocycles. The summed E-state index contributed by atoms with van der Waals surface area (Å²) in [5.41, 5.74) is 2.03. The van der Waals surface area contributed by atoms with E-state index in [9.17, 15) is 9.18 Å². The lowest BCUT2D eigenvalue weighted by Crippen LogP contribution is -2.25. The Bertz CT molecular complexity index is 863. The molecule has 7 heteroatoms. The van der Waals surface area contributed by atoms with Crippen molar-refractivity contribution in [3.8, 4) is 0 Å². The van der Waals surface area contributed by atoms with Crippen molar-refractivity contribution in [1.29, 1.82) is 5.41 Å². The van der Waals surface area contributed by atoms with Crippen molar-refractivity contribution in [1.82, 2.24) is 9.97 Å². The number of carbonyl (C=O) groups is 1. The Morgan fingerprint density at radius 2 is 2.04 bits per heavy atom. The summed E-state index contributed by atoms with van der Waals surface area (Å²) < 4.78 is 13.7. The van der Waals surface area contributed by atoms with Crippen LogP contribution in [0, 0.1) is 11.2 Å². The Labute approximate surface area is 150 Å². The molecular weight excluding hydrogens is 333 g/mol. The van der Waals surface area contributed by atoms with Crippen LogP contribution in [-0.4, -0.2) is 28.1 Å². The quantitative estimate of drug-likeness (QED) is 0.734. The number of nitrogens with one attached hydrogen (secondary N) is 3. The van der Waals surface area contributed by atoms with E-state index in [2.05, 4.69) is 20.6 Å². The smallest absolute Gasteiger partial charge is 0.238 e. The first-order valence-corrected chi connectivity index (χ1v) is 8.89. The van der Waals surface area contributed by atoms with Gasteiger partial charge in [-0.1, -0.05) is 19.3 Å². The molecule has 2 heterocycles. The van der Waals surface area contributed by atoms with E-state index in [1.807, 2.05) is 0 Å². The number of rotatable bonds is 4. The van der Waals surface area contributed by atoms with Gasteiger partial charge in [-0.25, -0.2) is 14.4 Å². The van der Waals surface area contributed by atoms with Gasteiger partial charge in [-0.2, -0.15) is 0 Å². The van der Waals surface area contributed by atoms with Gasteiger partial charge in [-0.3, -0.25) is 4.79 Å². The molecule has 26 heavy (non-hydrogen) atoms. The number of amides is 1. The second-order valence-electron chi connectivity index (χ2n) is 6.80. The highest BCUT2D eigenvalue weighted by atomic mass is 19.1. The first-order valence-electron chi connectivity index (χ1n) is 8.89. The van der Waals surface area contributed by atoms with Crippen molar-refractivity contribution >= 4 is 23.6 Å². The monoisotopic (exact) mass is 353 g/mol. The number of halogens is 1. The lowest BCUT2D eigenvalue weighted by Gasteiger charge is -2.24. The molecule has 1 aromatic carbocycles. The molecule has 0 spiro atoms. The van der Waals surface area contributed by atoms with Crippen LogP contribution in [0.25, 0.3) is 0 Å². The lowest BCUT2D eigenvalue weighted by atomic mass is 9.93. The van der Waals surface area contributed by atoms with Crippen molar-refractivity contribution in [2.75, 3.05) is 10.6 Å². The molecule has 1 atom stereocenters. The molecular formula is C19H20FN5O. The Hall–Kier alpha value is -2.83. The van der Waals surface area contributed by atoms with E-state index in [-0.39, 0.29) is 5.91 Å². The first-order chi connectivity index (χ1) is 12.7. The van der Waals surface area contributed by atoms with Crippen LogP contribution in [0.5, 0.6) is 0 Å².